The lowest BCUT2D eigenvalue weighted by Gasteiger charge is -1.92. The second-order valence-corrected chi connectivity index (χ2v) is 1.44. The fourth-order valence-electron chi connectivity index (χ4n) is 0.336. The molecule has 0 spiro atoms. The predicted octanol–water partition coefficient (Wildman–Crippen LogP) is 1.26. The summed E-state index contributed by atoms with van der Waals surface area (Å²) >= 11 is 0. The zero-order valence-electron chi connectivity index (χ0n) is 4.76. The highest BCUT2D eigenvalue weighted by atomic mass is 14.3. The van der Waals surface area contributed by atoms with Crippen molar-refractivity contribution in [3.05, 3.63) is 6.42 Å². The monoisotopic (exact) mass is 107 g/mol. The largest absolute Gasteiger partial charge is 0.198 e. The second kappa shape index (κ2) is 4.15. The smallest absolute Gasteiger partial charge is 0.0792 e. The van der Waals surface area contributed by atoms with Gasteiger partial charge in [-0.1, -0.05) is 6.92 Å². The van der Waals surface area contributed by atoms with E-state index < -0.39 is 0 Å². The molecule has 0 bridgehead atoms. The Morgan fingerprint density at radius 1 is 1.62 bits per heavy atom. The maximum Gasteiger partial charge on any atom is 0.0792 e. The zero-order chi connectivity index (χ0) is 6.41. The highest BCUT2D eigenvalue weighted by molar-refractivity contribution is 5.04. The quantitative estimate of drug-likeness (QED) is 0.533. The van der Waals surface area contributed by atoms with Crippen molar-refractivity contribution < 1.29 is 0 Å². The maximum absolute atomic E-state index is 8.22. The van der Waals surface area contributed by atoms with E-state index in [2.05, 4.69) is 0 Å². The van der Waals surface area contributed by atoms with Gasteiger partial charge in [0.25, 0.3) is 0 Å². The van der Waals surface area contributed by atoms with Crippen LogP contribution in [0.25, 0.3) is 0 Å². The van der Waals surface area contributed by atoms with Crippen LogP contribution in [0.1, 0.15) is 13.3 Å². The van der Waals surface area contributed by atoms with E-state index in [1.54, 1.807) is 0 Å². The molecule has 0 aromatic carbocycles. The van der Waals surface area contributed by atoms with E-state index in [1.165, 1.54) is 6.42 Å². The summed E-state index contributed by atoms with van der Waals surface area (Å²) in [6, 6.07) is 3.80. The Labute approximate surface area is 49.3 Å². The molecule has 0 amide bonds. The van der Waals surface area contributed by atoms with Crippen molar-refractivity contribution >= 4 is 0 Å². The topological polar surface area (TPSA) is 47.6 Å². The van der Waals surface area contributed by atoms with Crippen molar-refractivity contribution in [3.63, 3.8) is 0 Å². The third-order valence-electron chi connectivity index (χ3n) is 0.881. The summed E-state index contributed by atoms with van der Waals surface area (Å²) in [5.41, 5.74) is 0. The van der Waals surface area contributed by atoms with E-state index in [0.29, 0.717) is 0 Å². The zero-order valence-corrected chi connectivity index (χ0v) is 4.76. The van der Waals surface area contributed by atoms with Gasteiger partial charge in [0.15, 0.2) is 0 Å². The van der Waals surface area contributed by atoms with E-state index in [0.717, 1.165) is 6.42 Å². The molecule has 2 nitrogen and oxygen atoms in total. The average molecular weight is 107 g/mol. The first kappa shape index (κ1) is 6.98. The molecule has 0 aromatic rings. The second-order valence-electron chi connectivity index (χ2n) is 1.44. The van der Waals surface area contributed by atoms with Gasteiger partial charge in [-0.3, -0.25) is 0 Å². The van der Waals surface area contributed by atoms with Crippen molar-refractivity contribution in [2.75, 3.05) is 0 Å². The van der Waals surface area contributed by atoms with Gasteiger partial charge in [0.05, 0.1) is 24.5 Å². The summed E-state index contributed by atoms with van der Waals surface area (Å²) in [5, 5.41) is 16.3. The van der Waals surface area contributed by atoms with Gasteiger partial charge in [-0.15, -0.1) is 0 Å². The first-order valence-corrected chi connectivity index (χ1v) is 2.47. The van der Waals surface area contributed by atoms with Crippen molar-refractivity contribution in [2.45, 2.75) is 13.3 Å². The van der Waals surface area contributed by atoms with Crippen LogP contribution < -0.4 is 0 Å². The van der Waals surface area contributed by atoms with Crippen LogP contribution in [-0.4, -0.2) is 0 Å². The molecule has 0 aliphatic heterocycles. The van der Waals surface area contributed by atoms with Gasteiger partial charge < -0.3 is 0 Å². The fourth-order valence-corrected chi connectivity index (χ4v) is 0.336. The molecule has 1 radical (unpaired) electrons. The minimum Gasteiger partial charge on any atom is -0.198 e. The molecule has 8 heavy (non-hydrogen) atoms. The van der Waals surface area contributed by atoms with Crippen molar-refractivity contribution in [1.29, 1.82) is 10.5 Å². The van der Waals surface area contributed by atoms with Gasteiger partial charge in [0, 0.05) is 0 Å². The van der Waals surface area contributed by atoms with E-state index in [9.17, 15) is 0 Å². The van der Waals surface area contributed by atoms with Gasteiger partial charge in [0.1, 0.15) is 0 Å². The highest BCUT2D eigenvalue weighted by Crippen LogP contribution is 2.02. The Balaban J connectivity index is 3.45. The lowest BCUT2D eigenvalue weighted by Crippen LogP contribution is -1.91. The Bertz CT molecular complexity index is 126. The van der Waals surface area contributed by atoms with Crippen LogP contribution in [0.4, 0.5) is 0 Å². The molecule has 1 atom stereocenters. The Kier molecular flexibility index (Phi) is 3.62. The molecule has 0 aromatic heterocycles. The predicted molar refractivity (Wildman–Crippen MR) is 29.3 cm³/mol. The summed E-state index contributed by atoms with van der Waals surface area (Å²) < 4.78 is 0. The van der Waals surface area contributed by atoms with Gasteiger partial charge in [-0.2, -0.15) is 10.5 Å². The van der Waals surface area contributed by atoms with Crippen LogP contribution in [0.3, 0.4) is 0 Å². The molecule has 0 N–H and O–H groups in total. The van der Waals surface area contributed by atoms with Gasteiger partial charge >= 0.3 is 0 Å². The highest BCUT2D eigenvalue weighted by Gasteiger charge is 2.00. The third-order valence-corrected chi connectivity index (χ3v) is 0.881. The molecular weight excluding hydrogens is 100 g/mol. The van der Waals surface area contributed by atoms with Gasteiger partial charge in [-0.05, 0) is 6.42 Å². The van der Waals surface area contributed by atoms with E-state index in [4.69, 9.17) is 10.5 Å². The van der Waals surface area contributed by atoms with Gasteiger partial charge in [-0.25, -0.2) is 0 Å². The molecule has 2 heteroatoms. The molecular formula is C6H7N2. The molecule has 0 saturated heterocycles. The molecule has 0 fully saturated rings. The van der Waals surface area contributed by atoms with Crippen LogP contribution in [0.2, 0.25) is 0 Å². The van der Waals surface area contributed by atoms with Crippen molar-refractivity contribution in [1.82, 2.24) is 0 Å². The molecule has 0 aliphatic rings. The first-order valence-electron chi connectivity index (χ1n) is 2.47. The fraction of sp³-hybridized carbons (Fsp3) is 0.500. The van der Waals surface area contributed by atoms with E-state index >= 15 is 0 Å². The molecule has 0 aliphatic carbocycles. The standard InChI is InChI=1S/C6H7N2/c1-2-6(5-8)3-4-7/h3,6H,2H2,1H3. The summed E-state index contributed by atoms with van der Waals surface area (Å²) in [4.78, 5) is 0. The lowest BCUT2D eigenvalue weighted by atomic mass is 10.1. The number of nitriles is 2. The molecule has 1 unspecified atom stereocenters. The normalized spacial score (nSPS) is 11.4. The molecule has 0 rings (SSSR count). The van der Waals surface area contributed by atoms with Crippen molar-refractivity contribution in [2.24, 2.45) is 5.92 Å². The summed E-state index contributed by atoms with van der Waals surface area (Å²) in [5.74, 6) is -0.181. The number of hydrogen-bond donors (Lipinski definition) is 0. The minimum atomic E-state index is -0.181. The first-order chi connectivity index (χ1) is 3.85. The average Bonchev–Trinajstić information content (AvgIpc) is 1.83. The van der Waals surface area contributed by atoms with E-state index in [-0.39, 0.29) is 5.92 Å². The Morgan fingerprint density at radius 3 is 2.38 bits per heavy atom. The van der Waals surface area contributed by atoms with Crippen LogP contribution in [-0.2, 0) is 0 Å². The van der Waals surface area contributed by atoms with Crippen LogP contribution in [0, 0.1) is 35.0 Å². The van der Waals surface area contributed by atoms with Crippen LogP contribution in [0.15, 0.2) is 0 Å². The van der Waals surface area contributed by atoms with Gasteiger partial charge in [0.2, 0.25) is 0 Å². The van der Waals surface area contributed by atoms with Crippen LogP contribution >= 0.6 is 0 Å². The molecule has 41 valence electrons. The summed E-state index contributed by atoms with van der Waals surface area (Å²) in [6.45, 7) is 1.88. The summed E-state index contributed by atoms with van der Waals surface area (Å²) in [6.07, 6.45) is 2.07. The molecule has 0 heterocycles. The number of hydrogen-bond acceptors (Lipinski definition) is 2. The maximum atomic E-state index is 8.22. The molecule has 0 saturated carbocycles. The third kappa shape index (κ3) is 2.21. The summed E-state index contributed by atoms with van der Waals surface area (Å²) in [7, 11) is 0. The van der Waals surface area contributed by atoms with E-state index in [1.807, 2.05) is 19.1 Å². The number of rotatable bonds is 2. The number of nitrogens with zero attached hydrogens (tertiary/aromatic N) is 2. The van der Waals surface area contributed by atoms with Crippen LogP contribution in [0.5, 0.6) is 0 Å². The SMILES string of the molecule is CCC(C#N)[CH]C#N. The van der Waals surface area contributed by atoms with Crippen molar-refractivity contribution in [3.8, 4) is 12.1 Å². The minimum absolute atomic E-state index is 0.181. The Hall–Kier alpha value is -1.02. The Morgan fingerprint density at radius 2 is 2.25 bits per heavy atom. The lowest BCUT2D eigenvalue weighted by molar-refractivity contribution is 0.756.